The summed E-state index contributed by atoms with van der Waals surface area (Å²) in [6.07, 6.45) is 0. The molecule has 0 aliphatic carbocycles. The highest BCUT2D eigenvalue weighted by molar-refractivity contribution is 6.02. The van der Waals surface area contributed by atoms with Gasteiger partial charge >= 0.3 is 0 Å². The highest BCUT2D eigenvalue weighted by atomic mass is 16.5. The predicted octanol–water partition coefficient (Wildman–Crippen LogP) is -3.65. The van der Waals surface area contributed by atoms with Crippen LogP contribution in [-0.4, -0.2) is 62.8 Å². The Kier molecular flexibility index (Phi) is 1.98. The van der Waals surface area contributed by atoms with Crippen molar-refractivity contribution >= 4 is 11.7 Å². The molecule has 0 atom stereocenters. The molecule has 2 aromatic heterocycles. The third-order valence-electron chi connectivity index (χ3n) is 1.88. The van der Waals surface area contributed by atoms with E-state index in [2.05, 4.69) is 52.1 Å². The van der Waals surface area contributed by atoms with Gasteiger partial charge in [0.15, 0.2) is 0 Å². The third kappa shape index (κ3) is 1.44. The minimum Gasteiger partial charge on any atom is -0.409 e. The van der Waals surface area contributed by atoms with Gasteiger partial charge in [0.05, 0.1) is 0 Å². The van der Waals surface area contributed by atoms with Crippen molar-refractivity contribution in [2.24, 2.45) is 10.2 Å². The van der Waals surface area contributed by atoms with E-state index >= 15 is 0 Å². The number of tetrazole rings is 2. The molecule has 14 nitrogen and oxygen atoms in total. The molecule has 0 aromatic carbocycles. The van der Waals surface area contributed by atoms with E-state index in [1.54, 1.807) is 0 Å². The maximum Gasteiger partial charge on any atom is 0.260 e. The van der Waals surface area contributed by atoms with Crippen LogP contribution in [0.5, 0.6) is 0 Å². The summed E-state index contributed by atoms with van der Waals surface area (Å²) in [7, 11) is 0. The Morgan fingerprint density at radius 3 is 1.50 bits per heavy atom. The maximum atomic E-state index is 9.20. The van der Waals surface area contributed by atoms with Gasteiger partial charge in [0.25, 0.3) is 11.6 Å². The molecule has 0 bridgehead atoms. The number of amidine groups is 2. The zero-order chi connectivity index (χ0) is 12.5. The summed E-state index contributed by atoms with van der Waals surface area (Å²) in [5.74, 6) is 0.0502. The van der Waals surface area contributed by atoms with Gasteiger partial charge in [-0.1, -0.05) is 9.69 Å². The van der Waals surface area contributed by atoms with Crippen LogP contribution in [0.1, 0.15) is 11.6 Å². The van der Waals surface area contributed by atoms with Gasteiger partial charge in [-0.25, -0.2) is 0 Å². The van der Waals surface area contributed by atoms with Gasteiger partial charge in [0.2, 0.25) is 11.7 Å². The molecule has 4 N–H and O–H groups in total. The monoisotopic (exact) mass is 252 g/mol. The first-order valence-electron chi connectivity index (χ1n) is 4.39. The molecule has 3 heterocycles. The van der Waals surface area contributed by atoms with Crippen molar-refractivity contribution in [3.63, 3.8) is 0 Å². The summed E-state index contributed by atoms with van der Waals surface area (Å²) in [5, 5.41) is 45.9. The predicted molar refractivity (Wildman–Crippen MR) is 49.3 cm³/mol. The molecule has 14 heteroatoms. The number of rotatable bonds is 2. The number of nitrogens with zero attached hydrogens (tertiary/aromatic N) is 10. The van der Waals surface area contributed by atoms with Gasteiger partial charge in [0, 0.05) is 0 Å². The van der Waals surface area contributed by atoms with Crippen LogP contribution >= 0.6 is 0 Å². The Morgan fingerprint density at radius 1 is 0.778 bits per heavy atom. The van der Waals surface area contributed by atoms with E-state index in [1.807, 2.05) is 0 Å². The van der Waals surface area contributed by atoms with Crippen LogP contribution in [0, 0.1) is 0 Å². The van der Waals surface area contributed by atoms with E-state index in [0.29, 0.717) is 9.69 Å². The molecule has 0 spiro atoms. The van der Waals surface area contributed by atoms with E-state index in [-0.39, 0.29) is 23.3 Å². The molecule has 92 valence electrons. The van der Waals surface area contributed by atoms with Crippen LogP contribution in [0.25, 0.3) is 0 Å². The van der Waals surface area contributed by atoms with Crippen molar-refractivity contribution in [2.75, 3.05) is 0 Å². The summed E-state index contributed by atoms with van der Waals surface area (Å²) in [5.41, 5.74) is 4.92. The zero-order valence-corrected chi connectivity index (χ0v) is 8.37. The summed E-state index contributed by atoms with van der Waals surface area (Å²) in [4.78, 5) is 0.842. The highest BCUT2D eigenvalue weighted by Gasteiger charge is 2.20. The molecule has 0 fully saturated rings. The number of aromatic nitrogens is 8. The number of hydrogen-bond donors (Lipinski definition) is 4. The molecule has 0 saturated carbocycles. The van der Waals surface area contributed by atoms with Gasteiger partial charge in [-0.2, -0.15) is 0 Å². The van der Waals surface area contributed by atoms with Crippen molar-refractivity contribution < 1.29 is 10.4 Å². The lowest BCUT2D eigenvalue weighted by Gasteiger charge is -2.11. The first-order valence-corrected chi connectivity index (χ1v) is 4.39. The van der Waals surface area contributed by atoms with Crippen LogP contribution in [0.2, 0.25) is 0 Å². The van der Waals surface area contributed by atoms with E-state index in [0.717, 1.165) is 0 Å². The normalized spacial score (nSPS) is 14.4. The van der Waals surface area contributed by atoms with Crippen LogP contribution < -0.4 is 10.9 Å². The molecule has 0 amide bonds. The zero-order valence-electron chi connectivity index (χ0n) is 8.37. The molecule has 18 heavy (non-hydrogen) atoms. The SMILES string of the molecule is On1nnnc1C1=NNC(c2nnnn2O)=NN1. The summed E-state index contributed by atoms with van der Waals surface area (Å²) in [6, 6.07) is 0. The Hall–Kier alpha value is -3.32. The van der Waals surface area contributed by atoms with E-state index in [1.165, 1.54) is 0 Å². The summed E-state index contributed by atoms with van der Waals surface area (Å²) < 4.78 is 0. The van der Waals surface area contributed by atoms with Crippen molar-refractivity contribution in [1.82, 2.24) is 51.6 Å². The molecule has 2 aromatic rings. The molecule has 3 rings (SSSR count). The standard InChI is InChI=1S/C4H4N12O2/c17-15-3(9-11-13-15)1-5-7-2(8-6-1)4-10-12-14-16(4)18/h17-18H,(H,5,6)(H,7,8). The van der Waals surface area contributed by atoms with Crippen molar-refractivity contribution in [1.29, 1.82) is 0 Å². The Bertz CT molecular complexity index is 580. The van der Waals surface area contributed by atoms with Gasteiger partial charge < -0.3 is 10.4 Å². The second kappa shape index (κ2) is 3.61. The van der Waals surface area contributed by atoms with Crippen molar-refractivity contribution in [3.8, 4) is 0 Å². The van der Waals surface area contributed by atoms with Gasteiger partial charge in [-0.15, -0.1) is 20.4 Å². The van der Waals surface area contributed by atoms with Crippen molar-refractivity contribution in [2.45, 2.75) is 0 Å². The van der Waals surface area contributed by atoms with Crippen LogP contribution in [0.4, 0.5) is 0 Å². The first kappa shape index (κ1) is 9.87. The van der Waals surface area contributed by atoms with Gasteiger partial charge in [-0.05, 0) is 20.9 Å². The maximum absolute atomic E-state index is 9.20. The Morgan fingerprint density at radius 2 is 1.22 bits per heavy atom. The highest BCUT2D eigenvalue weighted by Crippen LogP contribution is 1.97. The minimum atomic E-state index is -0.0473. The average Bonchev–Trinajstić information content (AvgIpc) is 2.98. The van der Waals surface area contributed by atoms with Crippen molar-refractivity contribution in [3.05, 3.63) is 11.6 Å². The van der Waals surface area contributed by atoms with Crippen LogP contribution in [-0.2, 0) is 0 Å². The number of hydrogen-bond acceptors (Lipinski definition) is 12. The van der Waals surface area contributed by atoms with E-state index in [4.69, 9.17) is 0 Å². The van der Waals surface area contributed by atoms with Crippen LogP contribution in [0.15, 0.2) is 10.2 Å². The second-order valence-electron chi connectivity index (χ2n) is 2.93. The van der Waals surface area contributed by atoms with Gasteiger partial charge in [-0.3, -0.25) is 10.9 Å². The average molecular weight is 252 g/mol. The lowest BCUT2D eigenvalue weighted by Crippen LogP contribution is -2.37. The van der Waals surface area contributed by atoms with Crippen LogP contribution in [0.3, 0.4) is 0 Å². The molecule has 0 unspecified atom stereocenters. The third-order valence-corrected chi connectivity index (χ3v) is 1.88. The molecule has 1 aliphatic rings. The minimum absolute atomic E-state index is 0.0473. The summed E-state index contributed by atoms with van der Waals surface area (Å²) >= 11 is 0. The number of hydrazone groups is 2. The smallest absolute Gasteiger partial charge is 0.260 e. The molecule has 0 radical (unpaired) electrons. The lowest BCUT2D eigenvalue weighted by atomic mass is 10.5. The number of nitrogens with one attached hydrogen (secondary N) is 2. The molecular formula is C4H4N12O2. The lowest BCUT2D eigenvalue weighted by molar-refractivity contribution is 0.140. The quantitative estimate of drug-likeness (QED) is 0.389. The Labute approximate surface area is 96.5 Å². The van der Waals surface area contributed by atoms with E-state index < -0.39 is 0 Å². The second-order valence-corrected chi connectivity index (χ2v) is 2.93. The fraction of sp³-hybridized carbons (Fsp3) is 0. The largest absolute Gasteiger partial charge is 0.409 e. The topological polar surface area (TPSA) is 176 Å². The van der Waals surface area contributed by atoms with E-state index in [9.17, 15) is 10.4 Å². The fourth-order valence-electron chi connectivity index (χ4n) is 1.12. The molecular weight excluding hydrogens is 248 g/mol. The summed E-state index contributed by atoms with van der Waals surface area (Å²) in [6.45, 7) is 0. The fourth-order valence-corrected chi connectivity index (χ4v) is 1.12. The first-order chi connectivity index (χ1) is 8.75. The molecule has 1 aliphatic heterocycles. The molecule has 0 saturated heterocycles. The van der Waals surface area contributed by atoms with Gasteiger partial charge in [0.1, 0.15) is 0 Å². The Balaban J connectivity index is 1.83.